The number of anilines is 1. The first-order chi connectivity index (χ1) is 13.8. The fourth-order valence-corrected chi connectivity index (χ4v) is 2.73. The first-order valence-corrected chi connectivity index (χ1v) is 9.33. The van der Waals surface area contributed by atoms with Crippen LogP contribution in [-0.2, 0) is 17.6 Å². The van der Waals surface area contributed by atoms with Crippen LogP contribution in [0.3, 0.4) is 0 Å². The second-order valence-electron chi connectivity index (χ2n) is 5.81. The maximum absolute atomic E-state index is 14.2. The van der Waals surface area contributed by atoms with Gasteiger partial charge in [-0.05, 0) is 38.3 Å². The van der Waals surface area contributed by atoms with E-state index in [1.54, 1.807) is 13.0 Å². The number of carbonyl (C=O) groups is 1. The Morgan fingerprint density at radius 3 is 2.62 bits per heavy atom. The normalized spacial score (nSPS) is 9.83. The van der Waals surface area contributed by atoms with Gasteiger partial charge in [0.05, 0.1) is 24.4 Å². The molecular weight excluding hydrogens is 401 g/mol. The number of hydrogen-bond acceptors (Lipinski definition) is 6. The van der Waals surface area contributed by atoms with E-state index in [1.165, 1.54) is 7.11 Å². The fourth-order valence-electron chi connectivity index (χ4n) is 2.48. The van der Waals surface area contributed by atoms with Crippen LogP contribution in [0.15, 0.2) is 6.07 Å². The minimum absolute atomic E-state index is 0.0679. The van der Waals surface area contributed by atoms with Crippen LogP contribution in [0.1, 0.15) is 36.2 Å². The number of nitrogen functional groups attached to an aromatic ring is 1. The summed E-state index contributed by atoms with van der Waals surface area (Å²) in [6.07, 6.45) is 0.414. The minimum Gasteiger partial charge on any atom is -0.493 e. The Morgan fingerprint density at radius 2 is 2.17 bits per heavy atom. The van der Waals surface area contributed by atoms with Crippen LogP contribution in [0.2, 0.25) is 5.02 Å². The van der Waals surface area contributed by atoms with E-state index in [-0.39, 0.29) is 23.8 Å². The van der Waals surface area contributed by atoms with Gasteiger partial charge in [-0.2, -0.15) is 10.4 Å². The van der Waals surface area contributed by atoms with Crippen molar-refractivity contribution in [2.24, 2.45) is 0 Å². The molecule has 1 aromatic heterocycles. The second-order valence-corrected chi connectivity index (χ2v) is 6.22. The summed E-state index contributed by atoms with van der Waals surface area (Å²) in [5.41, 5.74) is 7.68. The highest BCUT2D eigenvalue weighted by Gasteiger charge is 2.18. The number of nitriles is 1. The molecule has 29 heavy (non-hydrogen) atoms. The number of nitrogens with zero attached hydrogens (tertiary/aromatic N) is 2. The van der Waals surface area contributed by atoms with Crippen LogP contribution < -0.4 is 15.8 Å². The molecule has 1 aromatic carbocycles. The molecule has 1 heterocycles. The number of aromatic amines is 1. The number of halogens is 2. The van der Waals surface area contributed by atoms with Crippen molar-refractivity contribution in [3.05, 3.63) is 39.3 Å². The van der Waals surface area contributed by atoms with E-state index in [9.17, 15) is 9.18 Å². The number of amides is 1. The topological polar surface area (TPSA) is 126 Å². The van der Waals surface area contributed by atoms with Gasteiger partial charge in [0.15, 0.2) is 5.82 Å². The van der Waals surface area contributed by atoms with Crippen molar-refractivity contribution in [1.82, 2.24) is 15.5 Å². The summed E-state index contributed by atoms with van der Waals surface area (Å²) in [5.74, 6) is 0.289. The van der Waals surface area contributed by atoms with E-state index < -0.39 is 11.9 Å². The van der Waals surface area contributed by atoms with Gasteiger partial charge >= 0.3 is 6.09 Å². The van der Waals surface area contributed by atoms with E-state index in [0.29, 0.717) is 29.9 Å². The quantitative estimate of drug-likeness (QED) is 0.650. The molecule has 158 valence electrons. The number of hydrogen-bond donors (Lipinski definition) is 3. The van der Waals surface area contributed by atoms with Gasteiger partial charge < -0.3 is 20.5 Å². The first-order valence-electron chi connectivity index (χ1n) is 8.95. The van der Waals surface area contributed by atoms with Gasteiger partial charge in [-0.3, -0.25) is 5.10 Å². The third-order valence-corrected chi connectivity index (χ3v) is 4.20. The van der Waals surface area contributed by atoms with Crippen LogP contribution >= 0.6 is 11.6 Å². The predicted molar refractivity (Wildman–Crippen MR) is 109 cm³/mol. The molecule has 8 nitrogen and oxygen atoms in total. The maximum Gasteiger partial charge on any atom is 0.406 e. The van der Waals surface area contributed by atoms with E-state index in [0.717, 1.165) is 11.3 Å². The molecule has 1 amide bonds. The number of alkyl carbamates (subject to hydrolysis) is 1. The lowest BCUT2D eigenvalue weighted by molar-refractivity contribution is 0.171. The van der Waals surface area contributed by atoms with Gasteiger partial charge in [0.1, 0.15) is 23.2 Å². The molecule has 0 radical (unpaired) electrons. The molecule has 0 saturated heterocycles. The van der Waals surface area contributed by atoms with Gasteiger partial charge in [-0.25, -0.2) is 9.18 Å². The molecule has 0 aliphatic rings. The Morgan fingerprint density at radius 1 is 1.48 bits per heavy atom. The highest BCUT2D eigenvalue weighted by Crippen LogP contribution is 2.32. The molecule has 0 aliphatic heterocycles. The molecule has 0 spiro atoms. The highest BCUT2D eigenvalue weighted by molar-refractivity contribution is 6.31. The number of rotatable bonds is 6. The second kappa shape index (κ2) is 11.8. The van der Waals surface area contributed by atoms with Crippen molar-refractivity contribution in [2.45, 2.75) is 33.6 Å². The number of ether oxygens (including phenoxy) is 2. The average molecular weight is 426 g/mol. The third kappa shape index (κ3) is 6.54. The molecule has 0 saturated carbocycles. The Labute approximate surface area is 174 Å². The minimum atomic E-state index is -0.555. The monoisotopic (exact) mass is 425 g/mol. The van der Waals surface area contributed by atoms with Gasteiger partial charge in [0.25, 0.3) is 0 Å². The largest absolute Gasteiger partial charge is 0.493 e. The zero-order valence-corrected chi connectivity index (χ0v) is 17.6. The van der Waals surface area contributed by atoms with Gasteiger partial charge in [-0.1, -0.05) is 18.5 Å². The van der Waals surface area contributed by atoms with E-state index in [1.807, 2.05) is 19.9 Å². The Balaban J connectivity index is 0.000000387. The highest BCUT2D eigenvalue weighted by atomic mass is 35.5. The lowest BCUT2D eigenvalue weighted by Gasteiger charge is -2.16. The molecule has 2 aromatic rings. The predicted octanol–water partition coefficient (Wildman–Crippen LogP) is 3.51. The smallest absolute Gasteiger partial charge is 0.406 e. The van der Waals surface area contributed by atoms with Crippen LogP contribution in [0, 0.1) is 24.1 Å². The molecule has 2 rings (SSSR count). The van der Waals surface area contributed by atoms with Gasteiger partial charge in [0.2, 0.25) is 0 Å². The van der Waals surface area contributed by atoms with Crippen molar-refractivity contribution in [3.63, 3.8) is 0 Å². The van der Waals surface area contributed by atoms with Crippen molar-refractivity contribution in [3.8, 4) is 11.8 Å². The average Bonchev–Trinajstić information content (AvgIpc) is 3.04. The molecule has 10 heteroatoms. The Bertz CT molecular complexity index is 860. The Hall–Kier alpha value is -2.99. The van der Waals surface area contributed by atoms with Crippen molar-refractivity contribution < 1.29 is 18.7 Å². The lowest BCUT2D eigenvalue weighted by Crippen LogP contribution is -2.25. The molecule has 0 fully saturated rings. The molecule has 0 unspecified atom stereocenters. The Kier molecular flexibility index (Phi) is 9.75. The summed E-state index contributed by atoms with van der Waals surface area (Å²) in [5, 5.41) is 17.2. The van der Waals surface area contributed by atoms with Crippen LogP contribution in [0.5, 0.6) is 5.75 Å². The maximum atomic E-state index is 14.2. The molecule has 0 aliphatic carbocycles. The van der Waals surface area contributed by atoms with Crippen molar-refractivity contribution >= 4 is 23.5 Å². The lowest BCUT2D eigenvalue weighted by atomic mass is 10.0. The summed E-state index contributed by atoms with van der Waals surface area (Å²) in [6.45, 7) is 6.21. The van der Waals surface area contributed by atoms with Gasteiger partial charge in [-0.15, -0.1) is 0 Å². The summed E-state index contributed by atoms with van der Waals surface area (Å²) in [7, 11) is 1.27. The van der Waals surface area contributed by atoms with Crippen LogP contribution in [-0.4, -0.2) is 36.6 Å². The van der Waals surface area contributed by atoms with E-state index in [2.05, 4.69) is 20.3 Å². The summed E-state index contributed by atoms with van der Waals surface area (Å²) in [4.78, 5) is 11.0. The van der Waals surface area contributed by atoms with Crippen molar-refractivity contribution in [1.29, 1.82) is 5.26 Å². The summed E-state index contributed by atoms with van der Waals surface area (Å²) < 4.78 is 24.2. The standard InChI is InChI=1S/C14H19ClFNO3.C5H6N4/c1-4-9-8-11(15)12(16)10(13(9)20-5-2)6-7-17-14(18)19-3;1-3-4(2-6)5(7)9-8-3/h8H,4-7H2,1-3H3,(H,17,18);1H3,(H3,7,8,9). The zero-order valence-electron chi connectivity index (χ0n) is 16.9. The first kappa shape index (κ1) is 24.0. The van der Waals surface area contributed by atoms with Crippen molar-refractivity contribution in [2.75, 3.05) is 26.0 Å². The van der Waals surface area contributed by atoms with Crippen LogP contribution in [0.25, 0.3) is 0 Å². The number of H-pyrrole nitrogens is 1. The number of aromatic nitrogens is 2. The molecule has 0 atom stereocenters. The zero-order chi connectivity index (χ0) is 22.0. The van der Waals surface area contributed by atoms with E-state index in [4.69, 9.17) is 27.3 Å². The summed E-state index contributed by atoms with van der Waals surface area (Å²) >= 11 is 5.90. The van der Waals surface area contributed by atoms with E-state index >= 15 is 0 Å². The molecule has 0 bridgehead atoms. The number of methoxy groups -OCH3 is 1. The number of nitrogens with two attached hydrogens (primary N) is 1. The number of carbonyl (C=O) groups excluding carboxylic acids is 1. The number of benzene rings is 1. The molecule has 4 N–H and O–H groups in total. The summed E-state index contributed by atoms with van der Waals surface area (Å²) in [6, 6.07) is 3.51. The van der Waals surface area contributed by atoms with Gasteiger partial charge in [0, 0.05) is 12.1 Å². The SMILES string of the molecule is CCOc1c(CC)cc(Cl)c(F)c1CCNC(=O)OC.Cc1[nH]nc(N)c1C#N. The third-order valence-electron chi connectivity index (χ3n) is 3.93. The fraction of sp³-hybridized carbons (Fsp3) is 0.421. The number of nitrogens with one attached hydrogen (secondary N) is 2. The number of aryl methyl sites for hydroxylation is 2. The molecular formula is C19H25ClFN5O3. The van der Waals surface area contributed by atoms with Crippen LogP contribution in [0.4, 0.5) is 15.0 Å².